The van der Waals surface area contributed by atoms with E-state index >= 15 is 0 Å². The number of likely N-dealkylation sites (tertiary alicyclic amines) is 1. The average Bonchev–Trinajstić information content (AvgIpc) is 3.13. The van der Waals surface area contributed by atoms with E-state index < -0.39 is 31.9 Å². The number of aliphatic hydroxyl groups excluding tert-OH is 1. The summed E-state index contributed by atoms with van der Waals surface area (Å²) in [4.78, 5) is 23.2. The van der Waals surface area contributed by atoms with Gasteiger partial charge < -0.3 is 25.4 Å². The van der Waals surface area contributed by atoms with Crippen LogP contribution in [0.25, 0.3) is 0 Å². The van der Waals surface area contributed by atoms with E-state index in [4.69, 9.17) is 10.3 Å². The van der Waals surface area contributed by atoms with Gasteiger partial charge >= 0.3 is 13.6 Å². The molecule has 166 valence electrons. The molecule has 1 heterocycles. The molecule has 0 spiro atoms. The third-order valence-electron chi connectivity index (χ3n) is 5.29. The van der Waals surface area contributed by atoms with E-state index in [1.807, 2.05) is 0 Å². The van der Waals surface area contributed by atoms with Gasteiger partial charge in [-0.3, -0.25) is 14.3 Å². The maximum Gasteiger partial charge on any atom is 0.328 e. The number of rotatable bonds is 16. The minimum Gasteiger partial charge on any atom is -0.480 e. The highest BCUT2D eigenvalue weighted by molar-refractivity contribution is 7.52. The van der Waals surface area contributed by atoms with Gasteiger partial charge in [0, 0.05) is 12.7 Å². The Morgan fingerprint density at radius 2 is 1.89 bits per heavy atom. The van der Waals surface area contributed by atoms with Gasteiger partial charge in [0.05, 0.1) is 0 Å². The van der Waals surface area contributed by atoms with Gasteiger partial charge in [0.15, 0.2) is 0 Å². The molecule has 8 nitrogen and oxygen atoms in total. The first-order valence-electron chi connectivity index (χ1n) is 10.7. The lowest BCUT2D eigenvalue weighted by atomic mass is 10.1. The molecule has 5 N–H and O–H groups in total. The Kier molecular flexibility index (Phi) is 12.5. The fraction of sp³-hybridized carbons (Fsp3) is 0.947. The second-order valence-corrected chi connectivity index (χ2v) is 9.64. The molecule has 0 aliphatic carbocycles. The van der Waals surface area contributed by atoms with Gasteiger partial charge in [0.1, 0.15) is 18.4 Å². The van der Waals surface area contributed by atoms with Crippen molar-refractivity contribution in [2.24, 2.45) is 5.73 Å². The van der Waals surface area contributed by atoms with Crippen molar-refractivity contribution in [1.82, 2.24) is 4.90 Å². The van der Waals surface area contributed by atoms with Crippen LogP contribution in [0.5, 0.6) is 0 Å². The standard InChI is InChI=1S/C19H39N2O6P/c1-2-3-4-5-6-9-15-28(25,26)27-17(12-7-8-13-20)18(22)21-14-10-11-16(21)19(23)24/h16-18,22H,2-15,20H2,1H3,(H,23,24)(H,25,26)/t16-,17?,18?/m0/s1. The minimum atomic E-state index is -3.86. The summed E-state index contributed by atoms with van der Waals surface area (Å²) >= 11 is 0. The van der Waals surface area contributed by atoms with Crippen molar-refractivity contribution in [3.05, 3.63) is 0 Å². The number of carboxylic acids is 1. The summed E-state index contributed by atoms with van der Waals surface area (Å²) in [6, 6.07) is -0.785. The van der Waals surface area contributed by atoms with Crippen LogP contribution < -0.4 is 5.73 Å². The Balaban J connectivity index is 2.64. The van der Waals surface area contributed by atoms with Gasteiger partial charge in [0.25, 0.3) is 0 Å². The summed E-state index contributed by atoms with van der Waals surface area (Å²) in [5, 5.41) is 20.1. The molecule has 9 heteroatoms. The van der Waals surface area contributed by atoms with E-state index in [1.165, 1.54) is 11.3 Å². The van der Waals surface area contributed by atoms with Crippen LogP contribution in [-0.2, 0) is 13.9 Å². The summed E-state index contributed by atoms with van der Waals surface area (Å²) in [5.74, 6) is -0.989. The zero-order chi connectivity index (χ0) is 21.0. The summed E-state index contributed by atoms with van der Waals surface area (Å²) in [5.41, 5.74) is 5.52. The van der Waals surface area contributed by atoms with Crippen molar-refractivity contribution in [3.8, 4) is 0 Å². The van der Waals surface area contributed by atoms with E-state index in [9.17, 15) is 24.5 Å². The first-order chi connectivity index (χ1) is 13.3. The van der Waals surface area contributed by atoms with Crippen molar-refractivity contribution in [1.29, 1.82) is 0 Å². The molecular weight excluding hydrogens is 383 g/mol. The second kappa shape index (κ2) is 13.7. The minimum absolute atomic E-state index is 0.0571. The Labute approximate surface area is 169 Å². The second-order valence-electron chi connectivity index (χ2n) is 7.70. The maximum absolute atomic E-state index is 12.5. The first-order valence-corrected chi connectivity index (χ1v) is 12.5. The van der Waals surface area contributed by atoms with Crippen LogP contribution in [0.3, 0.4) is 0 Å². The summed E-state index contributed by atoms with van der Waals surface area (Å²) in [6.07, 6.45) is 6.73. The molecule has 0 aromatic heterocycles. The van der Waals surface area contributed by atoms with Gasteiger partial charge in [-0.05, 0) is 45.1 Å². The number of unbranched alkanes of at least 4 members (excludes halogenated alkanes) is 6. The van der Waals surface area contributed by atoms with E-state index in [0.717, 1.165) is 25.7 Å². The Morgan fingerprint density at radius 1 is 1.21 bits per heavy atom. The number of hydrogen-bond acceptors (Lipinski definition) is 6. The van der Waals surface area contributed by atoms with Crippen molar-refractivity contribution in [2.75, 3.05) is 19.3 Å². The van der Waals surface area contributed by atoms with Gasteiger partial charge in [-0.25, -0.2) is 0 Å². The quantitative estimate of drug-likeness (QED) is 0.220. The Morgan fingerprint density at radius 3 is 2.54 bits per heavy atom. The zero-order valence-electron chi connectivity index (χ0n) is 17.2. The molecule has 1 aliphatic rings. The van der Waals surface area contributed by atoms with Gasteiger partial charge in [0.2, 0.25) is 0 Å². The number of carboxylic acid groups (broad SMARTS) is 1. The van der Waals surface area contributed by atoms with Crippen molar-refractivity contribution < 1.29 is 29.0 Å². The fourth-order valence-electron chi connectivity index (χ4n) is 3.69. The van der Waals surface area contributed by atoms with E-state index in [1.54, 1.807) is 0 Å². The molecule has 0 saturated carbocycles. The van der Waals surface area contributed by atoms with E-state index in [-0.39, 0.29) is 6.16 Å². The predicted octanol–water partition coefficient (Wildman–Crippen LogP) is 2.91. The Hall–Kier alpha value is -0.500. The van der Waals surface area contributed by atoms with Crippen LogP contribution in [0.1, 0.15) is 77.6 Å². The molecular formula is C19H39N2O6P. The van der Waals surface area contributed by atoms with Crippen LogP contribution in [0.2, 0.25) is 0 Å². The number of aliphatic carboxylic acids is 1. The fourth-order valence-corrected chi connectivity index (χ4v) is 5.05. The average molecular weight is 423 g/mol. The molecule has 4 atom stereocenters. The van der Waals surface area contributed by atoms with Crippen molar-refractivity contribution >= 4 is 13.6 Å². The molecule has 0 aromatic rings. The van der Waals surface area contributed by atoms with Gasteiger partial charge in [-0.2, -0.15) is 0 Å². The summed E-state index contributed by atoms with van der Waals surface area (Å²) in [7, 11) is -3.86. The number of hydrogen-bond donors (Lipinski definition) is 4. The molecule has 0 radical (unpaired) electrons. The maximum atomic E-state index is 12.5. The Bertz CT molecular complexity index is 493. The topological polar surface area (TPSA) is 133 Å². The van der Waals surface area contributed by atoms with Crippen LogP contribution in [0.15, 0.2) is 0 Å². The third kappa shape index (κ3) is 9.33. The molecule has 0 amide bonds. The highest BCUT2D eigenvalue weighted by Gasteiger charge is 2.40. The number of nitrogens with zero attached hydrogens (tertiary/aromatic N) is 1. The predicted molar refractivity (Wildman–Crippen MR) is 109 cm³/mol. The number of carbonyl (C=O) groups is 1. The smallest absolute Gasteiger partial charge is 0.328 e. The molecule has 1 saturated heterocycles. The van der Waals surface area contributed by atoms with Crippen molar-refractivity contribution in [3.63, 3.8) is 0 Å². The molecule has 0 bridgehead atoms. The highest BCUT2D eigenvalue weighted by Crippen LogP contribution is 2.46. The number of aliphatic hydroxyl groups is 1. The van der Waals surface area contributed by atoms with Crippen molar-refractivity contribution in [2.45, 2.75) is 95.9 Å². The SMILES string of the molecule is CCCCCCCCP(=O)(O)OC(CCCCN)C(O)N1CCC[C@H]1C(=O)O. The molecule has 1 aliphatic heterocycles. The lowest BCUT2D eigenvalue weighted by Crippen LogP contribution is -2.49. The van der Waals surface area contributed by atoms with Crippen LogP contribution in [0.4, 0.5) is 0 Å². The third-order valence-corrected chi connectivity index (χ3v) is 6.77. The van der Waals surface area contributed by atoms with Crippen LogP contribution in [-0.4, -0.2) is 63.6 Å². The monoisotopic (exact) mass is 422 g/mol. The summed E-state index contributed by atoms with van der Waals surface area (Å²) < 4.78 is 18.0. The first kappa shape index (κ1) is 25.5. The lowest BCUT2D eigenvalue weighted by Gasteiger charge is -2.33. The molecule has 1 rings (SSSR count). The largest absolute Gasteiger partial charge is 0.480 e. The molecule has 28 heavy (non-hydrogen) atoms. The zero-order valence-corrected chi connectivity index (χ0v) is 18.1. The molecule has 0 aromatic carbocycles. The molecule has 3 unspecified atom stereocenters. The number of nitrogens with two attached hydrogens (primary N) is 1. The van der Waals surface area contributed by atoms with Crippen LogP contribution >= 0.6 is 7.60 Å². The summed E-state index contributed by atoms with van der Waals surface area (Å²) in [6.45, 7) is 3.06. The van der Waals surface area contributed by atoms with Gasteiger partial charge in [-0.15, -0.1) is 0 Å². The normalized spacial score (nSPS) is 22.1. The lowest BCUT2D eigenvalue weighted by molar-refractivity contribution is -0.150. The van der Waals surface area contributed by atoms with Gasteiger partial charge in [-0.1, -0.05) is 39.0 Å². The molecule has 1 fully saturated rings. The highest BCUT2D eigenvalue weighted by atomic mass is 31.2. The van der Waals surface area contributed by atoms with Crippen LogP contribution in [0, 0.1) is 0 Å². The van der Waals surface area contributed by atoms with E-state index in [0.29, 0.717) is 51.6 Å². The van der Waals surface area contributed by atoms with E-state index in [2.05, 4.69) is 6.92 Å².